The summed E-state index contributed by atoms with van der Waals surface area (Å²) in [5, 5.41) is 10.7. The Labute approximate surface area is 128 Å². The zero-order chi connectivity index (χ0) is 13.0. The van der Waals surface area contributed by atoms with Crippen LogP contribution in [0, 0.1) is 5.92 Å². The van der Waals surface area contributed by atoms with Crippen molar-refractivity contribution < 1.29 is 5.11 Å². The minimum absolute atomic E-state index is 0. The number of rotatable bonds is 5. The summed E-state index contributed by atoms with van der Waals surface area (Å²) in [5.41, 5.74) is 6.93. The first-order valence-corrected chi connectivity index (χ1v) is 6.97. The topological polar surface area (TPSA) is 46.2 Å². The van der Waals surface area contributed by atoms with Crippen LogP contribution in [-0.4, -0.2) is 11.2 Å². The molecule has 2 nitrogen and oxygen atoms in total. The standard InChI is InChI=1S/C13H19BrClNO.ClH/c1-8(2)3-6-12(17)13(16)9-4-5-11(15)10(14)7-9;/h4-5,7-8,12-13,17H,3,6,16H2,1-2H3;1H/t12-,13+;/m1./s1. The molecule has 0 heterocycles. The van der Waals surface area contributed by atoms with E-state index in [0.717, 1.165) is 22.9 Å². The first-order chi connectivity index (χ1) is 7.91. The molecule has 0 amide bonds. The third-order valence-electron chi connectivity index (χ3n) is 2.78. The molecule has 0 aliphatic heterocycles. The van der Waals surface area contributed by atoms with Crippen LogP contribution in [0.1, 0.15) is 38.3 Å². The molecular formula is C13H20BrCl2NO. The van der Waals surface area contributed by atoms with Gasteiger partial charge in [-0.25, -0.2) is 0 Å². The second-order valence-corrected chi connectivity index (χ2v) is 6.00. The van der Waals surface area contributed by atoms with E-state index in [1.807, 2.05) is 12.1 Å². The fourth-order valence-corrected chi connectivity index (χ4v) is 2.14. The van der Waals surface area contributed by atoms with Gasteiger partial charge in [-0.15, -0.1) is 12.4 Å². The molecule has 104 valence electrons. The van der Waals surface area contributed by atoms with Crippen molar-refractivity contribution in [2.24, 2.45) is 11.7 Å². The van der Waals surface area contributed by atoms with Crippen molar-refractivity contribution in [2.75, 3.05) is 0 Å². The van der Waals surface area contributed by atoms with Crippen LogP contribution in [0.5, 0.6) is 0 Å². The van der Waals surface area contributed by atoms with Crippen LogP contribution in [0.4, 0.5) is 0 Å². The van der Waals surface area contributed by atoms with E-state index in [1.165, 1.54) is 0 Å². The summed E-state index contributed by atoms with van der Waals surface area (Å²) in [6.07, 6.45) is 1.19. The monoisotopic (exact) mass is 355 g/mol. The molecule has 5 heteroatoms. The Balaban J connectivity index is 0.00000289. The average Bonchev–Trinajstić information content (AvgIpc) is 2.28. The SMILES string of the molecule is CC(C)CC[C@@H](O)[C@@H](N)c1ccc(Cl)c(Br)c1.Cl. The van der Waals surface area contributed by atoms with Gasteiger partial charge in [-0.05, 0) is 52.4 Å². The van der Waals surface area contributed by atoms with E-state index in [2.05, 4.69) is 29.8 Å². The number of aliphatic hydroxyl groups excluding tert-OH is 1. The van der Waals surface area contributed by atoms with Gasteiger partial charge in [0, 0.05) is 4.47 Å². The summed E-state index contributed by atoms with van der Waals surface area (Å²) in [6.45, 7) is 4.27. The molecule has 0 fully saturated rings. The van der Waals surface area contributed by atoms with Gasteiger partial charge in [-0.3, -0.25) is 0 Å². The molecule has 0 radical (unpaired) electrons. The predicted molar refractivity (Wildman–Crippen MR) is 83.4 cm³/mol. The summed E-state index contributed by atoms with van der Waals surface area (Å²) in [7, 11) is 0. The fraction of sp³-hybridized carbons (Fsp3) is 0.538. The Kier molecular flexibility index (Phi) is 8.48. The minimum Gasteiger partial charge on any atom is -0.391 e. The maximum absolute atomic E-state index is 10.0. The molecule has 0 aliphatic carbocycles. The van der Waals surface area contributed by atoms with E-state index in [1.54, 1.807) is 6.07 Å². The van der Waals surface area contributed by atoms with Crippen LogP contribution < -0.4 is 5.73 Å². The Morgan fingerprint density at radius 3 is 2.44 bits per heavy atom. The van der Waals surface area contributed by atoms with Crippen molar-refractivity contribution in [1.82, 2.24) is 0 Å². The van der Waals surface area contributed by atoms with E-state index < -0.39 is 6.10 Å². The Morgan fingerprint density at radius 1 is 1.33 bits per heavy atom. The van der Waals surface area contributed by atoms with Gasteiger partial charge >= 0.3 is 0 Å². The molecule has 0 bridgehead atoms. The summed E-state index contributed by atoms with van der Waals surface area (Å²) in [6, 6.07) is 5.15. The van der Waals surface area contributed by atoms with E-state index in [-0.39, 0.29) is 18.4 Å². The Morgan fingerprint density at radius 2 is 1.94 bits per heavy atom. The molecule has 0 aliphatic rings. The average molecular weight is 357 g/mol. The lowest BCUT2D eigenvalue weighted by Crippen LogP contribution is -2.26. The molecule has 0 spiro atoms. The smallest absolute Gasteiger partial charge is 0.0732 e. The lowest BCUT2D eigenvalue weighted by molar-refractivity contribution is 0.128. The number of aliphatic hydroxyl groups is 1. The normalized spacial score (nSPS) is 14.2. The van der Waals surface area contributed by atoms with Gasteiger partial charge in [0.2, 0.25) is 0 Å². The van der Waals surface area contributed by atoms with Gasteiger partial charge in [0.1, 0.15) is 0 Å². The lowest BCUT2D eigenvalue weighted by atomic mass is 9.96. The van der Waals surface area contributed by atoms with Gasteiger partial charge in [0.05, 0.1) is 17.2 Å². The predicted octanol–water partition coefficient (Wildman–Crippen LogP) is 4.32. The molecule has 1 rings (SSSR count). The van der Waals surface area contributed by atoms with Gasteiger partial charge in [0.15, 0.2) is 0 Å². The lowest BCUT2D eigenvalue weighted by Gasteiger charge is -2.20. The largest absolute Gasteiger partial charge is 0.391 e. The molecule has 1 aromatic carbocycles. The highest BCUT2D eigenvalue weighted by atomic mass is 79.9. The van der Waals surface area contributed by atoms with E-state index in [9.17, 15) is 5.11 Å². The first-order valence-electron chi connectivity index (χ1n) is 5.80. The van der Waals surface area contributed by atoms with Crippen LogP contribution in [0.3, 0.4) is 0 Å². The second kappa shape index (κ2) is 8.39. The number of nitrogens with two attached hydrogens (primary N) is 1. The molecule has 3 N–H and O–H groups in total. The van der Waals surface area contributed by atoms with Gasteiger partial charge in [0.25, 0.3) is 0 Å². The number of hydrogen-bond donors (Lipinski definition) is 2. The third-order valence-corrected chi connectivity index (χ3v) is 4.00. The van der Waals surface area contributed by atoms with Crippen LogP contribution >= 0.6 is 39.9 Å². The molecule has 0 saturated carbocycles. The molecule has 18 heavy (non-hydrogen) atoms. The number of benzene rings is 1. The van der Waals surface area contributed by atoms with Crippen molar-refractivity contribution in [2.45, 2.75) is 38.8 Å². The van der Waals surface area contributed by atoms with E-state index >= 15 is 0 Å². The van der Waals surface area contributed by atoms with E-state index in [0.29, 0.717) is 10.9 Å². The highest BCUT2D eigenvalue weighted by Gasteiger charge is 2.17. The summed E-state index contributed by atoms with van der Waals surface area (Å²) >= 11 is 9.27. The first kappa shape index (κ1) is 18.2. The molecule has 1 aromatic rings. The number of halogens is 3. The van der Waals surface area contributed by atoms with Crippen LogP contribution in [0.15, 0.2) is 22.7 Å². The van der Waals surface area contributed by atoms with E-state index in [4.69, 9.17) is 17.3 Å². The van der Waals surface area contributed by atoms with Crippen LogP contribution in [0.25, 0.3) is 0 Å². The summed E-state index contributed by atoms with van der Waals surface area (Å²) < 4.78 is 0.808. The summed E-state index contributed by atoms with van der Waals surface area (Å²) in [5.74, 6) is 0.578. The molecule has 0 unspecified atom stereocenters. The van der Waals surface area contributed by atoms with Crippen LogP contribution in [-0.2, 0) is 0 Å². The van der Waals surface area contributed by atoms with Crippen molar-refractivity contribution >= 4 is 39.9 Å². The van der Waals surface area contributed by atoms with Crippen molar-refractivity contribution in [3.63, 3.8) is 0 Å². The molecule has 0 saturated heterocycles. The summed E-state index contributed by atoms with van der Waals surface area (Å²) in [4.78, 5) is 0. The minimum atomic E-state index is -0.509. The zero-order valence-corrected chi connectivity index (χ0v) is 13.7. The highest BCUT2D eigenvalue weighted by molar-refractivity contribution is 9.10. The maximum Gasteiger partial charge on any atom is 0.0732 e. The van der Waals surface area contributed by atoms with Crippen LogP contribution in [0.2, 0.25) is 5.02 Å². The number of hydrogen-bond acceptors (Lipinski definition) is 2. The van der Waals surface area contributed by atoms with Crippen molar-refractivity contribution in [3.05, 3.63) is 33.3 Å². The molecule has 2 atom stereocenters. The maximum atomic E-state index is 10.0. The molecule has 0 aromatic heterocycles. The van der Waals surface area contributed by atoms with Crippen molar-refractivity contribution in [3.8, 4) is 0 Å². The van der Waals surface area contributed by atoms with Gasteiger partial charge < -0.3 is 10.8 Å². The highest BCUT2D eigenvalue weighted by Crippen LogP contribution is 2.27. The van der Waals surface area contributed by atoms with Gasteiger partial charge in [-0.1, -0.05) is 31.5 Å². The zero-order valence-electron chi connectivity index (χ0n) is 10.6. The van der Waals surface area contributed by atoms with Crippen molar-refractivity contribution in [1.29, 1.82) is 0 Å². The Bertz CT molecular complexity index is 374. The quantitative estimate of drug-likeness (QED) is 0.825. The van der Waals surface area contributed by atoms with Gasteiger partial charge in [-0.2, -0.15) is 0 Å². The second-order valence-electron chi connectivity index (χ2n) is 4.74. The molecular weight excluding hydrogens is 337 g/mol. The fourth-order valence-electron chi connectivity index (χ4n) is 1.63. The third kappa shape index (κ3) is 5.45. The Hall–Kier alpha value is 0.200.